The van der Waals surface area contributed by atoms with Gasteiger partial charge in [-0.2, -0.15) is 0 Å². The van der Waals surface area contributed by atoms with Crippen LogP contribution in [0.15, 0.2) is 60.9 Å². The first-order chi connectivity index (χ1) is 14.1. The summed E-state index contributed by atoms with van der Waals surface area (Å²) in [7, 11) is 0. The first-order valence-electron chi connectivity index (χ1n) is 8.88. The number of thiophene rings is 1. The largest absolute Gasteiger partial charge is 0.461 e. The second kappa shape index (κ2) is 8.06. The molecule has 0 radical (unpaired) electrons. The van der Waals surface area contributed by atoms with E-state index in [4.69, 9.17) is 16.3 Å². The Kier molecular flexibility index (Phi) is 5.33. The van der Waals surface area contributed by atoms with Crippen molar-refractivity contribution in [2.75, 3.05) is 11.9 Å². The lowest BCUT2D eigenvalue weighted by atomic mass is 10.2. The topological polar surface area (TPSA) is 73.2 Å². The molecule has 8 heteroatoms. The van der Waals surface area contributed by atoms with Crippen molar-refractivity contribution >= 4 is 50.7 Å². The second-order valence-electron chi connectivity index (χ2n) is 6.06. The smallest absolute Gasteiger partial charge is 0.360 e. The normalized spacial score (nSPS) is 10.8. The molecule has 0 saturated carbocycles. The SMILES string of the molecule is CCOC(=O)c1ncn(-c2ccccc2)c1NC(=O)c1sc2ccccc2c1Cl. The van der Waals surface area contributed by atoms with Crippen LogP contribution in [-0.4, -0.2) is 28.0 Å². The van der Waals surface area contributed by atoms with Crippen molar-refractivity contribution in [2.24, 2.45) is 0 Å². The van der Waals surface area contributed by atoms with E-state index in [1.54, 1.807) is 11.5 Å². The molecule has 2 aromatic heterocycles. The van der Waals surface area contributed by atoms with E-state index >= 15 is 0 Å². The first-order valence-corrected chi connectivity index (χ1v) is 10.1. The third kappa shape index (κ3) is 3.62. The van der Waals surface area contributed by atoms with Crippen LogP contribution in [0.3, 0.4) is 0 Å². The maximum Gasteiger partial charge on any atom is 0.360 e. The molecule has 0 aliphatic carbocycles. The van der Waals surface area contributed by atoms with E-state index in [0.29, 0.717) is 9.90 Å². The van der Waals surface area contributed by atoms with Gasteiger partial charge in [0.2, 0.25) is 0 Å². The molecule has 0 unspecified atom stereocenters. The minimum Gasteiger partial charge on any atom is -0.461 e. The third-order valence-corrected chi connectivity index (χ3v) is 5.92. The van der Waals surface area contributed by atoms with Crippen LogP contribution in [0.2, 0.25) is 5.02 Å². The van der Waals surface area contributed by atoms with Crippen molar-refractivity contribution in [3.8, 4) is 5.69 Å². The number of imidazole rings is 1. The Bertz CT molecular complexity index is 1200. The summed E-state index contributed by atoms with van der Waals surface area (Å²) in [5, 5.41) is 3.99. The predicted octanol–water partition coefficient (Wildman–Crippen LogP) is 5.17. The highest BCUT2D eigenvalue weighted by Crippen LogP contribution is 2.36. The van der Waals surface area contributed by atoms with Crippen LogP contribution in [-0.2, 0) is 4.74 Å². The number of amides is 1. The summed E-state index contributed by atoms with van der Waals surface area (Å²) in [5.74, 6) is -0.799. The monoisotopic (exact) mass is 425 g/mol. The number of ether oxygens (including phenoxy) is 1. The number of hydrogen-bond acceptors (Lipinski definition) is 5. The highest BCUT2D eigenvalue weighted by atomic mass is 35.5. The molecular weight excluding hydrogens is 410 g/mol. The maximum absolute atomic E-state index is 13.0. The number of nitrogens with one attached hydrogen (secondary N) is 1. The number of rotatable bonds is 5. The average molecular weight is 426 g/mol. The van der Waals surface area contributed by atoms with Gasteiger partial charge in [0.05, 0.1) is 11.6 Å². The number of aromatic nitrogens is 2. The van der Waals surface area contributed by atoms with E-state index in [0.717, 1.165) is 15.8 Å². The molecule has 6 nitrogen and oxygen atoms in total. The quantitative estimate of drug-likeness (QED) is 0.448. The van der Waals surface area contributed by atoms with Gasteiger partial charge in [0, 0.05) is 15.8 Å². The minimum atomic E-state index is -0.611. The lowest BCUT2D eigenvalue weighted by molar-refractivity contribution is 0.0521. The molecule has 0 bridgehead atoms. The standard InChI is InChI=1S/C21H16ClN3O3S/c1-2-28-21(27)17-19(25(12-23-17)13-8-4-3-5-9-13)24-20(26)18-16(22)14-10-6-7-11-15(14)29-18/h3-12H,2H2,1H3,(H,24,26). The lowest BCUT2D eigenvalue weighted by Gasteiger charge is -2.11. The van der Waals surface area contributed by atoms with Crippen molar-refractivity contribution < 1.29 is 14.3 Å². The van der Waals surface area contributed by atoms with Crippen molar-refractivity contribution in [1.29, 1.82) is 0 Å². The number of nitrogens with zero attached hydrogens (tertiary/aromatic N) is 2. The first kappa shape index (κ1) is 19.2. The number of para-hydroxylation sites is 1. The minimum absolute atomic E-state index is 0.0290. The van der Waals surface area contributed by atoms with Gasteiger partial charge in [0.1, 0.15) is 11.2 Å². The summed E-state index contributed by atoms with van der Waals surface area (Å²) in [5.41, 5.74) is 0.773. The number of hydrogen-bond donors (Lipinski definition) is 1. The molecule has 0 aliphatic rings. The van der Waals surface area contributed by atoms with Gasteiger partial charge in [-0.15, -0.1) is 11.3 Å². The Balaban J connectivity index is 1.76. The molecule has 4 rings (SSSR count). The van der Waals surface area contributed by atoms with Gasteiger partial charge in [0.25, 0.3) is 5.91 Å². The number of fused-ring (bicyclic) bond motifs is 1. The van der Waals surface area contributed by atoms with Gasteiger partial charge < -0.3 is 10.1 Å². The van der Waals surface area contributed by atoms with Gasteiger partial charge in [-0.3, -0.25) is 9.36 Å². The molecule has 2 aromatic carbocycles. The van der Waals surface area contributed by atoms with E-state index < -0.39 is 11.9 Å². The molecule has 0 aliphatic heterocycles. The Morgan fingerprint density at radius 2 is 1.86 bits per heavy atom. The van der Waals surface area contributed by atoms with E-state index in [2.05, 4.69) is 10.3 Å². The highest BCUT2D eigenvalue weighted by Gasteiger charge is 2.24. The lowest BCUT2D eigenvalue weighted by Crippen LogP contribution is -2.17. The molecule has 4 aromatic rings. The molecule has 2 heterocycles. The molecular formula is C21H16ClN3O3S. The number of anilines is 1. The second-order valence-corrected chi connectivity index (χ2v) is 7.49. The fraction of sp³-hybridized carbons (Fsp3) is 0.0952. The van der Waals surface area contributed by atoms with E-state index in [1.165, 1.54) is 17.7 Å². The van der Waals surface area contributed by atoms with E-state index in [1.807, 2.05) is 54.6 Å². The van der Waals surface area contributed by atoms with Gasteiger partial charge in [-0.05, 0) is 25.1 Å². The van der Waals surface area contributed by atoms with Crippen LogP contribution in [0.4, 0.5) is 5.82 Å². The van der Waals surface area contributed by atoms with Crippen LogP contribution in [0.25, 0.3) is 15.8 Å². The number of halogens is 1. The fourth-order valence-corrected chi connectivity index (χ4v) is 4.34. The van der Waals surface area contributed by atoms with Crippen LogP contribution >= 0.6 is 22.9 Å². The van der Waals surface area contributed by atoms with Crippen LogP contribution in [0, 0.1) is 0 Å². The Morgan fingerprint density at radius 3 is 2.59 bits per heavy atom. The molecule has 1 N–H and O–H groups in total. The number of benzene rings is 2. The van der Waals surface area contributed by atoms with Crippen molar-refractivity contribution in [2.45, 2.75) is 6.92 Å². The summed E-state index contributed by atoms with van der Waals surface area (Å²) >= 11 is 7.73. The number of esters is 1. The van der Waals surface area contributed by atoms with Crippen molar-refractivity contribution in [3.63, 3.8) is 0 Å². The summed E-state index contributed by atoms with van der Waals surface area (Å²) in [6.45, 7) is 1.91. The average Bonchev–Trinajstić information content (AvgIpc) is 3.30. The zero-order valence-electron chi connectivity index (χ0n) is 15.4. The summed E-state index contributed by atoms with van der Waals surface area (Å²) < 4.78 is 7.62. The molecule has 1 amide bonds. The van der Waals surface area contributed by atoms with Crippen LogP contribution in [0.1, 0.15) is 27.1 Å². The molecule has 0 spiro atoms. The van der Waals surface area contributed by atoms with Crippen LogP contribution < -0.4 is 5.32 Å². The highest BCUT2D eigenvalue weighted by molar-refractivity contribution is 7.21. The number of carbonyl (C=O) groups excluding carboxylic acids is 2. The van der Waals surface area contributed by atoms with Gasteiger partial charge >= 0.3 is 5.97 Å². The van der Waals surface area contributed by atoms with E-state index in [9.17, 15) is 9.59 Å². The summed E-state index contributed by atoms with van der Waals surface area (Å²) in [6.07, 6.45) is 1.48. The summed E-state index contributed by atoms with van der Waals surface area (Å²) in [4.78, 5) is 29.9. The van der Waals surface area contributed by atoms with Gasteiger partial charge in [-0.1, -0.05) is 48.0 Å². The fourth-order valence-electron chi connectivity index (χ4n) is 2.93. The maximum atomic E-state index is 13.0. The molecule has 0 atom stereocenters. The molecule has 0 saturated heterocycles. The van der Waals surface area contributed by atoms with Crippen molar-refractivity contribution in [3.05, 3.63) is 76.5 Å². The van der Waals surface area contributed by atoms with Crippen LogP contribution in [0.5, 0.6) is 0 Å². The molecule has 0 fully saturated rings. The molecule has 146 valence electrons. The summed E-state index contributed by atoms with van der Waals surface area (Å²) in [6, 6.07) is 16.8. The van der Waals surface area contributed by atoms with Gasteiger partial charge in [-0.25, -0.2) is 9.78 Å². The predicted molar refractivity (Wildman–Crippen MR) is 114 cm³/mol. The zero-order valence-corrected chi connectivity index (χ0v) is 17.0. The van der Waals surface area contributed by atoms with Gasteiger partial charge in [0.15, 0.2) is 11.5 Å². The Hall–Kier alpha value is -3.16. The Morgan fingerprint density at radius 1 is 1.14 bits per heavy atom. The number of carbonyl (C=O) groups is 2. The zero-order chi connectivity index (χ0) is 20.4. The Labute approximate surface area is 175 Å². The van der Waals surface area contributed by atoms with E-state index in [-0.39, 0.29) is 18.1 Å². The third-order valence-electron chi connectivity index (χ3n) is 4.24. The van der Waals surface area contributed by atoms with Crippen molar-refractivity contribution in [1.82, 2.24) is 9.55 Å². The molecule has 29 heavy (non-hydrogen) atoms.